The van der Waals surface area contributed by atoms with Crippen LogP contribution in [0, 0.1) is 27.7 Å². The largest absolute Gasteiger partial charge is 0.486 e. The highest BCUT2D eigenvalue weighted by Crippen LogP contribution is 2.27. The molecule has 0 spiro atoms. The van der Waals surface area contributed by atoms with Gasteiger partial charge in [-0.25, -0.2) is 4.98 Å². The molecule has 0 atom stereocenters. The maximum atomic E-state index is 12.5. The van der Waals surface area contributed by atoms with Crippen LogP contribution in [-0.2, 0) is 18.4 Å². The molecule has 0 aliphatic rings. The van der Waals surface area contributed by atoms with Gasteiger partial charge >= 0.3 is 0 Å². The predicted octanol–water partition coefficient (Wildman–Crippen LogP) is 5.48. The molecule has 0 saturated carbocycles. The minimum Gasteiger partial charge on any atom is -0.486 e. The number of nitrogens with zero attached hydrogens (tertiary/aromatic N) is 4. The van der Waals surface area contributed by atoms with Crippen molar-refractivity contribution >= 4 is 34.1 Å². The predicted molar refractivity (Wildman–Crippen MR) is 138 cm³/mol. The van der Waals surface area contributed by atoms with Crippen LogP contribution in [0.5, 0.6) is 5.75 Å². The first-order valence-electron chi connectivity index (χ1n) is 10.8. The smallest absolute Gasteiger partial charge is 0.236 e. The molecule has 1 N–H and O–H groups in total. The van der Waals surface area contributed by atoms with Gasteiger partial charge in [-0.2, -0.15) is 0 Å². The SMILES string of the molecule is Cc1cc(C)cc(OCc2nnc(SCC(=O)Nc3nc(-c4ccc(C)c(C)c4)cs3)n2C)c1. The zero-order valence-electron chi connectivity index (χ0n) is 19.9. The summed E-state index contributed by atoms with van der Waals surface area (Å²) < 4.78 is 7.74. The lowest BCUT2D eigenvalue weighted by atomic mass is 10.1. The van der Waals surface area contributed by atoms with E-state index in [2.05, 4.69) is 52.5 Å². The Kier molecular flexibility index (Phi) is 7.33. The summed E-state index contributed by atoms with van der Waals surface area (Å²) in [6.07, 6.45) is 0. The van der Waals surface area contributed by atoms with Crippen LogP contribution in [0.15, 0.2) is 46.9 Å². The minimum absolute atomic E-state index is 0.137. The van der Waals surface area contributed by atoms with Crippen molar-refractivity contribution in [2.45, 2.75) is 39.5 Å². The average Bonchev–Trinajstić information content (AvgIpc) is 3.38. The van der Waals surface area contributed by atoms with E-state index in [4.69, 9.17) is 4.74 Å². The lowest BCUT2D eigenvalue weighted by Gasteiger charge is -2.08. The summed E-state index contributed by atoms with van der Waals surface area (Å²) in [4.78, 5) is 17.0. The van der Waals surface area contributed by atoms with Crippen LogP contribution in [0.3, 0.4) is 0 Å². The van der Waals surface area contributed by atoms with Gasteiger partial charge in [0.05, 0.1) is 11.4 Å². The Morgan fingerprint density at radius 2 is 1.82 bits per heavy atom. The molecule has 2 aromatic heterocycles. The number of benzene rings is 2. The number of nitrogens with one attached hydrogen (secondary N) is 1. The standard InChI is InChI=1S/C25H27N5O2S2/c1-15-8-16(2)10-20(9-15)32-12-22-28-29-25(30(22)5)34-14-23(31)27-24-26-21(13-33-24)19-7-6-17(3)18(4)11-19/h6-11,13H,12,14H2,1-5H3,(H,26,27,31). The summed E-state index contributed by atoms with van der Waals surface area (Å²) >= 11 is 2.74. The lowest BCUT2D eigenvalue weighted by molar-refractivity contribution is -0.113. The normalized spacial score (nSPS) is 11.0. The number of anilines is 1. The fourth-order valence-corrected chi connectivity index (χ4v) is 4.88. The third-order valence-corrected chi connectivity index (χ3v) is 7.15. The van der Waals surface area contributed by atoms with Crippen molar-refractivity contribution in [3.8, 4) is 17.0 Å². The fraction of sp³-hybridized carbons (Fsp3) is 0.280. The van der Waals surface area contributed by atoms with Gasteiger partial charge in [0.2, 0.25) is 5.91 Å². The monoisotopic (exact) mass is 493 g/mol. The van der Waals surface area contributed by atoms with E-state index in [1.165, 1.54) is 34.2 Å². The number of ether oxygens (including phenoxy) is 1. The number of hydrogen-bond donors (Lipinski definition) is 1. The summed E-state index contributed by atoms with van der Waals surface area (Å²) in [6, 6.07) is 12.3. The molecule has 0 bridgehead atoms. The Morgan fingerprint density at radius 1 is 1.06 bits per heavy atom. The quantitative estimate of drug-likeness (QED) is 0.327. The van der Waals surface area contributed by atoms with Crippen molar-refractivity contribution in [3.63, 3.8) is 0 Å². The molecule has 9 heteroatoms. The number of hydrogen-bond acceptors (Lipinski definition) is 7. The highest BCUT2D eigenvalue weighted by atomic mass is 32.2. The van der Waals surface area contributed by atoms with Crippen LogP contribution in [0.4, 0.5) is 5.13 Å². The zero-order valence-corrected chi connectivity index (χ0v) is 21.5. The molecule has 4 rings (SSSR count). The van der Waals surface area contributed by atoms with Gasteiger partial charge < -0.3 is 14.6 Å². The highest BCUT2D eigenvalue weighted by Gasteiger charge is 2.14. The van der Waals surface area contributed by atoms with Crippen LogP contribution >= 0.6 is 23.1 Å². The van der Waals surface area contributed by atoms with E-state index < -0.39 is 0 Å². The third-order valence-electron chi connectivity index (χ3n) is 5.37. The number of aryl methyl sites for hydroxylation is 4. The first-order chi connectivity index (χ1) is 16.3. The van der Waals surface area contributed by atoms with Crippen molar-refractivity contribution < 1.29 is 9.53 Å². The summed E-state index contributed by atoms with van der Waals surface area (Å²) in [6.45, 7) is 8.55. The number of thioether (sulfide) groups is 1. The second kappa shape index (κ2) is 10.4. The number of aromatic nitrogens is 4. The van der Waals surface area contributed by atoms with E-state index in [9.17, 15) is 4.79 Å². The molecule has 2 aromatic carbocycles. The molecule has 0 radical (unpaired) electrons. The first-order valence-corrected chi connectivity index (χ1v) is 12.7. The number of amides is 1. The van der Waals surface area contributed by atoms with Crippen molar-refractivity contribution in [1.29, 1.82) is 0 Å². The van der Waals surface area contributed by atoms with Crippen LogP contribution < -0.4 is 10.1 Å². The summed E-state index contributed by atoms with van der Waals surface area (Å²) in [5, 5.41) is 14.5. The van der Waals surface area contributed by atoms with E-state index >= 15 is 0 Å². The summed E-state index contributed by atoms with van der Waals surface area (Å²) in [5.74, 6) is 1.57. The molecule has 4 aromatic rings. The Morgan fingerprint density at radius 3 is 2.56 bits per heavy atom. The van der Waals surface area contributed by atoms with Gasteiger partial charge in [0.15, 0.2) is 16.1 Å². The van der Waals surface area contributed by atoms with Crippen LogP contribution in [0.2, 0.25) is 0 Å². The van der Waals surface area contributed by atoms with Gasteiger partial charge in [0, 0.05) is 18.0 Å². The molecule has 34 heavy (non-hydrogen) atoms. The third kappa shape index (κ3) is 5.84. The molecule has 7 nitrogen and oxygen atoms in total. The van der Waals surface area contributed by atoms with Crippen LogP contribution in [0.1, 0.15) is 28.1 Å². The van der Waals surface area contributed by atoms with Gasteiger partial charge in [-0.1, -0.05) is 30.0 Å². The van der Waals surface area contributed by atoms with E-state index in [1.807, 2.05) is 49.0 Å². The van der Waals surface area contributed by atoms with E-state index in [-0.39, 0.29) is 11.7 Å². The van der Waals surface area contributed by atoms with Gasteiger partial charge in [0.1, 0.15) is 12.4 Å². The Labute approximate surface area is 207 Å². The van der Waals surface area contributed by atoms with Crippen molar-refractivity contribution in [2.24, 2.45) is 7.05 Å². The van der Waals surface area contributed by atoms with Gasteiger partial charge in [-0.3, -0.25) is 4.79 Å². The Balaban J connectivity index is 1.31. The molecule has 176 valence electrons. The second-order valence-corrected chi connectivity index (χ2v) is 10.0. The average molecular weight is 494 g/mol. The fourth-order valence-electron chi connectivity index (χ4n) is 3.41. The molecule has 0 fully saturated rings. The molecule has 2 heterocycles. The van der Waals surface area contributed by atoms with E-state index in [0.29, 0.717) is 22.7 Å². The summed E-state index contributed by atoms with van der Waals surface area (Å²) in [7, 11) is 1.87. The molecule has 0 unspecified atom stereocenters. The van der Waals surface area contributed by atoms with Gasteiger partial charge in [-0.15, -0.1) is 21.5 Å². The minimum atomic E-state index is -0.137. The second-order valence-electron chi connectivity index (χ2n) is 8.24. The van der Waals surface area contributed by atoms with E-state index in [0.717, 1.165) is 28.1 Å². The first kappa shape index (κ1) is 24.0. The van der Waals surface area contributed by atoms with Crippen LogP contribution in [-0.4, -0.2) is 31.4 Å². The zero-order chi connectivity index (χ0) is 24.2. The number of rotatable bonds is 8. The lowest BCUT2D eigenvalue weighted by Crippen LogP contribution is -2.14. The molecule has 0 aliphatic carbocycles. The van der Waals surface area contributed by atoms with Crippen molar-refractivity contribution in [1.82, 2.24) is 19.7 Å². The highest BCUT2D eigenvalue weighted by molar-refractivity contribution is 7.99. The molecule has 1 amide bonds. The summed E-state index contributed by atoms with van der Waals surface area (Å²) in [5.41, 5.74) is 6.66. The Bertz CT molecular complexity index is 1310. The number of thiazole rings is 1. The molecular formula is C25H27N5O2S2. The van der Waals surface area contributed by atoms with Crippen molar-refractivity contribution in [2.75, 3.05) is 11.1 Å². The van der Waals surface area contributed by atoms with Gasteiger partial charge in [-0.05, 0) is 68.1 Å². The van der Waals surface area contributed by atoms with Crippen LogP contribution in [0.25, 0.3) is 11.3 Å². The van der Waals surface area contributed by atoms with Gasteiger partial charge in [0.25, 0.3) is 0 Å². The van der Waals surface area contributed by atoms with Crippen molar-refractivity contribution in [3.05, 3.63) is 69.9 Å². The molecule has 0 saturated heterocycles. The number of carbonyl (C=O) groups is 1. The van der Waals surface area contributed by atoms with E-state index in [1.54, 1.807) is 0 Å². The molecule has 0 aliphatic heterocycles. The number of carbonyl (C=O) groups excluding carboxylic acids is 1. The maximum absolute atomic E-state index is 12.5. The molecular weight excluding hydrogens is 466 g/mol. The maximum Gasteiger partial charge on any atom is 0.236 e. The Hall–Kier alpha value is -3.17. The topological polar surface area (TPSA) is 81.9 Å².